The van der Waals surface area contributed by atoms with E-state index < -0.39 is 10.2 Å². The lowest BCUT2D eigenvalue weighted by molar-refractivity contribution is -0.149. The lowest BCUT2D eigenvalue weighted by atomic mass is 9.97. The van der Waals surface area contributed by atoms with Gasteiger partial charge in [-0.1, -0.05) is 12.1 Å². The number of imidazole rings is 1. The first-order valence-electron chi connectivity index (χ1n) is 10.4. The van der Waals surface area contributed by atoms with Crippen molar-refractivity contribution in [3.8, 4) is 0 Å². The molecule has 1 aromatic heterocycles. The van der Waals surface area contributed by atoms with Crippen molar-refractivity contribution >= 4 is 27.2 Å². The third-order valence-electron chi connectivity index (χ3n) is 5.90. The fraction of sp³-hybridized carbons (Fsp3) is 0.600. The number of nitrogens with zero attached hydrogens (tertiary/aromatic N) is 3. The highest BCUT2D eigenvalue weighted by Crippen LogP contribution is 2.30. The van der Waals surface area contributed by atoms with E-state index in [4.69, 9.17) is 4.74 Å². The van der Waals surface area contributed by atoms with Crippen molar-refractivity contribution in [2.75, 3.05) is 32.8 Å². The first-order valence-corrected chi connectivity index (χ1v) is 11.7. The van der Waals surface area contributed by atoms with E-state index in [0.717, 1.165) is 29.7 Å². The summed E-state index contributed by atoms with van der Waals surface area (Å²) in [6, 6.07) is 7.92. The van der Waals surface area contributed by atoms with Gasteiger partial charge in [0, 0.05) is 32.1 Å². The molecule has 2 fully saturated rings. The monoisotopic (exact) mass is 420 g/mol. The minimum Gasteiger partial charge on any atom is -0.466 e. The number of hydrogen-bond acceptors (Lipinski definition) is 5. The molecule has 4 rings (SSSR count). The van der Waals surface area contributed by atoms with Gasteiger partial charge in [0.2, 0.25) is 0 Å². The van der Waals surface area contributed by atoms with Crippen molar-refractivity contribution in [2.24, 2.45) is 5.92 Å². The van der Waals surface area contributed by atoms with Gasteiger partial charge in [-0.25, -0.2) is 4.98 Å². The van der Waals surface area contributed by atoms with Gasteiger partial charge in [0.05, 0.1) is 23.6 Å². The molecule has 2 aliphatic rings. The molecule has 29 heavy (non-hydrogen) atoms. The van der Waals surface area contributed by atoms with E-state index in [2.05, 4.69) is 9.97 Å². The third kappa shape index (κ3) is 4.17. The van der Waals surface area contributed by atoms with Crippen LogP contribution < -0.4 is 0 Å². The summed E-state index contributed by atoms with van der Waals surface area (Å²) in [7, 11) is -3.57. The molecule has 158 valence electrons. The maximum atomic E-state index is 13.1. The molecule has 0 radical (unpaired) electrons. The second-order valence-electron chi connectivity index (χ2n) is 7.77. The van der Waals surface area contributed by atoms with Gasteiger partial charge < -0.3 is 9.72 Å². The van der Waals surface area contributed by atoms with Crippen LogP contribution in [0.2, 0.25) is 0 Å². The highest BCUT2D eigenvalue weighted by Gasteiger charge is 2.38. The van der Waals surface area contributed by atoms with E-state index in [0.29, 0.717) is 39.1 Å². The summed E-state index contributed by atoms with van der Waals surface area (Å²) in [6.07, 6.45) is 2.82. The van der Waals surface area contributed by atoms with Crippen LogP contribution in [-0.2, 0) is 19.7 Å². The number of hydrogen-bond donors (Lipinski definition) is 1. The Hall–Kier alpha value is -1.97. The number of esters is 1. The lowest BCUT2D eigenvalue weighted by Crippen LogP contribution is -2.51. The molecule has 8 nitrogen and oxygen atoms in total. The molecule has 0 saturated carbocycles. The molecule has 3 heterocycles. The Morgan fingerprint density at radius 1 is 1.17 bits per heavy atom. The number of aromatic amines is 1. The predicted octanol–water partition coefficient (Wildman–Crippen LogP) is 2.26. The van der Waals surface area contributed by atoms with Crippen LogP contribution in [0.4, 0.5) is 0 Å². The van der Waals surface area contributed by atoms with E-state index >= 15 is 0 Å². The first kappa shape index (κ1) is 20.3. The van der Waals surface area contributed by atoms with Crippen LogP contribution in [-0.4, -0.2) is 65.8 Å². The number of para-hydroxylation sites is 2. The quantitative estimate of drug-likeness (QED) is 0.749. The molecular formula is C20H28N4O4S. The zero-order chi connectivity index (χ0) is 20.4. The molecule has 1 atom stereocenters. The van der Waals surface area contributed by atoms with Crippen LogP contribution in [0, 0.1) is 5.92 Å². The Bertz CT molecular complexity index is 933. The van der Waals surface area contributed by atoms with Gasteiger partial charge in [-0.15, -0.1) is 0 Å². The molecule has 0 bridgehead atoms. The minimum absolute atomic E-state index is 0.213. The van der Waals surface area contributed by atoms with Gasteiger partial charge in [-0.2, -0.15) is 17.0 Å². The first-order chi connectivity index (χ1) is 14.0. The van der Waals surface area contributed by atoms with Crippen molar-refractivity contribution in [2.45, 2.75) is 38.5 Å². The van der Waals surface area contributed by atoms with Gasteiger partial charge in [0.15, 0.2) is 0 Å². The fourth-order valence-corrected chi connectivity index (χ4v) is 6.02. The normalized spacial score (nSPS) is 22.7. The number of benzene rings is 1. The van der Waals surface area contributed by atoms with Crippen molar-refractivity contribution < 1.29 is 17.9 Å². The van der Waals surface area contributed by atoms with Crippen LogP contribution in [0.3, 0.4) is 0 Å². The third-order valence-corrected chi connectivity index (χ3v) is 7.91. The topological polar surface area (TPSA) is 95.6 Å². The summed E-state index contributed by atoms with van der Waals surface area (Å²) in [5, 5.41) is 0. The van der Waals surface area contributed by atoms with Crippen molar-refractivity contribution in [1.82, 2.24) is 18.6 Å². The lowest BCUT2D eigenvalue weighted by Gasteiger charge is -2.37. The number of carbonyl (C=O) groups excluding carboxylic acids is 1. The SMILES string of the molecule is CCOC(=O)C1CCCN(S(=O)(=O)N2CCC(c3nc4ccccc4[nH]3)CC2)C1. The van der Waals surface area contributed by atoms with Gasteiger partial charge in [-0.3, -0.25) is 4.79 Å². The number of carbonyl (C=O) groups is 1. The summed E-state index contributed by atoms with van der Waals surface area (Å²) in [5.74, 6) is 0.494. The van der Waals surface area contributed by atoms with Gasteiger partial charge in [0.25, 0.3) is 10.2 Å². The van der Waals surface area contributed by atoms with Crippen LogP contribution in [0.1, 0.15) is 44.3 Å². The van der Waals surface area contributed by atoms with E-state index in [1.54, 1.807) is 11.2 Å². The van der Waals surface area contributed by atoms with E-state index in [1.807, 2.05) is 24.3 Å². The number of rotatable bonds is 5. The number of aromatic nitrogens is 2. The average Bonchev–Trinajstić information content (AvgIpc) is 3.18. The standard InChI is InChI=1S/C20H28N4O4S/c1-2-28-20(25)16-6-5-11-24(14-16)29(26,27)23-12-9-15(10-13-23)19-21-17-7-3-4-8-18(17)22-19/h3-4,7-8,15-16H,2,5-6,9-14H2,1H3,(H,21,22). The Morgan fingerprint density at radius 2 is 1.93 bits per heavy atom. The molecule has 9 heteroatoms. The molecule has 2 saturated heterocycles. The van der Waals surface area contributed by atoms with Crippen LogP contribution >= 0.6 is 0 Å². The van der Waals surface area contributed by atoms with E-state index in [-0.39, 0.29) is 24.3 Å². The minimum atomic E-state index is -3.57. The van der Waals surface area contributed by atoms with Gasteiger partial charge >= 0.3 is 5.97 Å². The Balaban J connectivity index is 1.39. The van der Waals surface area contributed by atoms with E-state index in [1.165, 1.54) is 4.31 Å². The summed E-state index contributed by atoms with van der Waals surface area (Å²) < 4.78 is 34.4. The molecule has 2 aliphatic heterocycles. The highest BCUT2D eigenvalue weighted by atomic mass is 32.2. The van der Waals surface area contributed by atoms with Gasteiger partial charge in [0.1, 0.15) is 5.82 Å². The maximum Gasteiger partial charge on any atom is 0.310 e. The molecule has 1 unspecified atom stereocenters. The summed E-state index contributed by atoms with van der Waals surface area (Å²) in [5.41, 5.74) is 1.95. The molecule has 1 aromatic carbocycles. The smallest absolute Gasteiger partial charge is 0.310 e. The largest absolute Gasteiger partial charge is 0.466 e. The van der Waals surface area contributed by atoms with Gasteiger partial charge in [-0.05, 0) is 44.7 Å². The zero-order valence-electron chi connectivity index (χ0n) is 16.7. The fourth-order valence-electron chi connectivity index (χ4n) is 4.29. The second-order valence-corrected chi connectivity index (χ2v) is 9.70. The maximum absolute atomic E-state index is 13.1. The average molecular weight is 421 g/mol. The zero-order valence-corrected chi connectivity index (χ0v) is 17.5. The number of nitrogens with one attached hydrogen (secondary N) is 1. The Morgan fingerprint density at radius 3 is 2.66 bits per heavy atom. The van der Waals surface area contributed by atoms with Crippen LogP contribution in [0.25, 0.3) is 11.0 Å². The predicted molar refractivity (Wildman–Crippen MR) is 109 cm³/mol. The molecule has 0 aliphatic carbocycles. The summed E-state index contributed by atoms with van der Waals surface area (Å²) in [6.45, 7) is 3.68. The van der Waals surface area contributed by atoms with Crippen molar-refractivity contribution in [3.63, 3.8) is 0 Å². The van der Waals surface area contributed by atoms with Crippen LogP contribution in [0.15, 0.2) is 24.3 Å². The second kappa shape index (κ2) is 8.41. The highest BCUT2D eigenvalue weighted by molar-refractivity contribution is 7.86. The molecule has 0 spiro atoms. The number of H-pyrrole nitrogens is 1. The Kier molecular flexibility index (Phi) is 5.89. The number of piperidine rings is 2. The summed E-state index contributed by atoms with van der Waals surface area (Å²) >= 11 is 0. The molecular weight excluding hydrogens is 392 g/mol. The molecule has 1 N–H and O–H groups in total. The van der Waals surface area contributed by atoms with Crippen molar-refractivity contribution in [1.29, 1.82) is 0 Å². The number of fused-ring (bicyclic) bond motifs is 1. The number of ether oxygens (including phenoxy) is 1. The molecule has 0 amide bonds. The van der Waals surface area contributed by atoms with Crippen molar-refractivity contribution in [3.05, 3.63) is 30.1 Å². The van der Waals surface area contributed by atoms with E-state index in [9.17, 15) is 13.2 Å². The summed E-state index contributed by atoms with van der Waals surface area (Å²) in [4.78, 5) is 20.1. The molecule has 2 aromatic rings. The Labute approximate surface area is 171 Å². The van der Waals surface area contributed by atoms with Crippen LogP contribution in [0.5, 0.6) is 0 Å².